The number of benzene rings is 1. The summed E-state index contributed by atoms with van der Waals surface area (Å²) in [5.74, 6) is 1.67. The molecule has 0 aliphatic heterocycles. The lowest BCUT2D eigenvalue weighted by Gasteiger charge is -2.40. The molecule has 1 aliphatic carbocycles. The number of rotatable bonds is 8. The SMILES string of the molecule is CCNCC1(OCCOc2ccccc2)CCCC(C)C1. The van der Waals surface area contributed by atoms with Gasteiger partial charge in [-0.25, -0.2) is 0 Å². The van der Waals surface area contributed by atoms with Gasteiger partial charge in [0.15, 0.2) is 0 Å². The van der Waals surface area contributed by atoms with Crippen LogP contribution in [0.5, 0.6) is 5.75 Å². The van der Waals surface area contributed by atoms with Crippen LogP contribution in [0.3, 0.4) is 0 Å². The molecule has 1 aromatic rings. The minimum Gasteiger partial charge on any atom is -0.491 e. The fourth-order valence-corrected chi connectivity index (χ4v) is 3.24. The Hall–Kier alpha value is -1.06. The summed E-state index contributed by atoms with van der Waals surface area (Å²) >= 11 is 0. The molecule has 1 saturated carbocycles. The van der Waals surface area contributed by atoms with E-state index in [4.69, 9.17) is 9.47 Å². The third kappa shape index (κ3) is 5.33. The minimum absolute atomic E-state index is 0.00766. The van der Waals surface area contributed by atoms with Crippen molar-refractivity contribution in [1.82, 2.24) is 5.32 Å². The average Bonchev–Trinajstić information content (AvgIpc) is 2.51. The number of hydrogen-bond donors (Lipinski definition) is 1. The maximum atomic E-state index is 6.28. The van der Waals surface area contributed by atoms with Gasteiger partial charge >= 0.3 is 0 Å². The van der Waals surface area contributed by atoms with Crippen molar-refractivity contribution in [2.24, 2.45) is 5.92 Å². The van der Waals surface area contributed by atoms with Crippen molar-refractivity contribution >= 4 is 0 Å². The Bertz CT molecular complexity index is 395. The van der Waals surface area contributed by atoms with Gasteiger partial charge in [0.25, 0.3) is 0 Å². The summed E-state index contributed by atoms with van der Waals surface area (Å²) in [6.07, 6.45) is 4.92. The molecule has 0 amide bonds. The van der Waals surface area contributed by atoms with Gasteiger partial charge in [-0.1, -0.05) is 44.9 Å². The molecule has 1 fully saturated rings. The van der Waals surface area contributed by atoms with E-state index in [0.29, 0.717) is 13.2 Å². The number of para-hydroxylation sites is 1. The normalized spacial score (nSPS) is 25.7. The van der Waals surface area contributed by atoms with Crippen LogP contribution in [-0.2, 0) is 4.74 Å². The van der Waals surface area contributed by atoms with E-state index < -0.39 is 0 Å². The second-order valence-corrected chi connectivity index (χ2v) is 6.17. The topological polar surface area (TPSA) is 30.5 Å². The van der Waals surface area contributed by atoms with Gasteiger partial charge < -0.3 is 14.8 Å². The first-order chi connectivity index (χ1) is 10.2. The van der Waals surface area contributed by atoms with Crippen LogP contribution in [0.15, 0.2) is 30.3 Å². The van der Waals surface area contributed by atoms with E-state index in [2.05, 4.69) is 19.2 Å². The van der Waals surface area contributed by atoms with Crippen LogP contribution in [0.25, 0.3) is 0 Å². The molecule has 0 aromatic heterocycles. The van der Waals surface area contributed by atoms with Crippen LogP contribution in [0.1, 0.15) is 39.5 Å². The van der Waals surface area contributed by atoms with Crippen LogP contribution in [0.2, 0.25) is 0 Å². The molecule has 1 aliphatic rings. The first kappa shape index (κ1) is 16.3. The number of hydrogen-bond acceptors (Lipinski definition) is 3. The molecule has 21 heavy (non-hydrogen) atoms. The fourth-order valence-electron chi connectivity index (χ4n) is 3.24. The van der Waals surface area contributed by atoms with Crippen LogP contribution in [0.4, 0.5) is 0 Å². The minimum atomic E-state index is 0.00766. The number of likely N-dealkylation sites (N-methyl/N-ethyl adjacent to an activating group) is 1. The molecule has 0 spiro atoms. The largest absolute Gasteiger partial charge is 0.491 e. The van der Waals surface area contributed by atoms with Crippen molar-refractivity contribution in [1.29, 1.82) is 0 Å². The van der Waals surface area contributed by atoms with Crippen molar-refractivity contribution < 1.29 is 9.47 Å². The van der Waals surface area contributed by atoms with E-state index in [1.165, 1.54) is 12.8 Å². The quantitative estimate of drug-likeness (QED) is 0.742. The molecule has 1 N–H and O–H groups in total. The summed E-state index contributed by atoms with van der Waals surface area (Å²) in [4.78, 5) is 0. The lowest BCUT2D eigenvalue weighted by molar-refractivity contribution is -0.0861. The molecule has 1 aromatic carbocycles. The van der Waals surface area contributed by atoms with Crippen LogP contribution < -0.4 is 10.1 Å². The van der Waals surface area contributed by atoms with Crippen molar-refractivity contribution in [3.05, 3.63) is 30.3 Å². The first-order valence-corrected chi connectivity index (χ1v) is 8.27. The molecule has 0 radical (unpaired) electrons. The van der Waals surface area contributed by atoms with Crippen LogP contribution in [-0.4, -0.2) is 31.9 Å². The summed E-state index contributed by atoms with van der Waals surface area (Å²) in [5.41, 5.74) is 0.00766. The smallest absolute Gasteiger partial charge is 0.119 e. The van der Waals surface area contributed by atoms with Gasteiger partial charge in [-0.3, -0.25) is 0 Å². The zero-order valence-corrected chi connectivity index (χ0v) is 13.4. The third-order valence-electron chi connectivity index (χ3n) is 4.25. The molecule has 0 heterocycles. The predicted molar refractivity (Wildman–Crippen MR) is 86.8 cm³/mol. The Kier molecular flexibility index (Phi) is 6.52. The zero-order valence-electron chi connectivity index (χ0n) is 13.4. The lowest BCUT2D eigenvalue weighted by Crippen LogP contribution is -2.47. The fraction of sp³-hybridized carbons (Fsp3) is 0.667. The van der Waals surface area contributed by atoms with Gasteiger partial charge in [0, 0.05) is 6.54 Å². The predicted octanol–water partition coefficient (Wildman–Crippen LogP) is 3.64. The van der Waals surface area contributed by atoms with Crippen molar-refractivity contribution in [3.63, 3.8) is 0 Å². The molecule has 3 nitrogen and oxygen atoms in total. The van der Waals surface area contributed by atoms with Gasteiger partial charge in [-0.05, 0) is 37.4 Å². The molecular formula is C18H29NO2. The van der Waals surface area contributed by atoms with E-state index in [9.17, 15) is 0 Å². The highest BCUT2D eigenvalue weighted by Crippen LogP contribution is 2.34. The van der Waals surface area contributed by atoms with Gasteiger partial charge in [0.1, 0.15) is 12.4 Å². The van der Waals surface area contributed by atoms with E-state index in [1.807, 2.05) is 30.3 Å². The van der Waals surface area contributed by atoms with E-state index in [0.717, 1.165) is 37.6 Å². The highest BCUT2D eigenvalue weighted by atomic mass is 16.5. The van der Waals surface area contributed by atoms with E-state index >= 15 is 0 Å². The van der Waals surface area contributed by atoms with Crippen molar-refractivity contribution in [3.8, 4) is 5.75 Å². The Labute approximate surface area is 129 Å². The van der Waals surface area contributed by atoms with Gasteiger partial charge in [0.2, 0.25) is 0 Å². The molecular weight excluding hydrogens is 262 g/mol. The summed E-state index contributed by atoms with van der Waals surface area (Å²) in [5, 5.41) is 3.47. The Morgan fingerprint density at radius 2 is 2.05 bits per heavy atom. The second kappa shape index (κ2) is 8.40. The zero-order chi connectivity index (χ0) is 15.0. The Balaban J connectivity index is 1.78. The van der Waals surface area contributed by atoms with Crippen molar-refractivity contribution in [2.45, 2.75) is 45.1 Å². The van der Waals surface area contributed by atoms with Gasteiger partial charge in [-0.15, -0.1) is 0 Å². The molecule has 2 rings (SSSR count). The average molecular weight is 291 g/mol. The highest BCUT2D eigenvalue weighted by molar-refractivity contribution is 5.20. The van der Waals surface area contributed by atoms with E-state index in [1.54, 1.807) is 0 Å². The summed E-state index contributed by atoms with van der Waals surface area (Å²) in [6, 6.07) is 9.95. The summed E-state index contributed by atoms with van der Waals surface area (Å²) < 4.78 is 12.0. The molecule has 3 heteroatoms. The van der Waals surface area contributed by atoms with Gasteiger partial charge in [-0.2, -0.15) is 0 Å². The first-order valence-electron chi connectivity index (χ1n) is 8.27. The maximum Gasteiger partial charge on any atom is 0.119 e. The van der Waals surface area contributed by atoms with Crippen molar-refractivity contribution in [2.75, 3.05) is 26.3 Å². The second-order valence-electron chi connectivity index (χ2n) is 6.17. The number of ether oxygens (including phenoxy) is 2. The van der Waals surface area contributed by atoms with Gasteiger partial charge in [0.05, 0.1) is 12.2 Å². The lowest BCUT2D eigenvalue weighted by atomic mass is 9.78. The molecule has 0 saturated heterocycles. The molecule has 0 bridgehead atoms. The third-order valence-corrected chi connectivity index (χ3v) is 4.25. The Morgan fingerprint density at radius 3 is 2.76 bits per heavy atom. The highest BCUT2D eigenvalue weighted by Gasteiger charge is 2.35. The van der Waals surface area contributed by atoms with E-state index in [-0.39, 0.29) is 5.60 Å². The summed E-state index contributed by atoms with van der Waals surface area (Å²) in [6.45, 7) is 7.72. The monoisotopic (exact) mass is 291 g/mol. The number of nitrogens with one attached hydrogen (secondary N) is 1. The summed E-state index contributed by atoms with van der Waals surface area (Å²) in [7, 11) is 0. The van der Waals surface area contributed by atoms with Crippen LogP contribution in [0, 0.1) is 5.92 Å². The Morgan fingerprint density at radius 1 is 1.24 bits per heavy atom. The molecule has 118 valence electrons. The van der Waals surface area contributed by atoms with Crippen LogP contribution >= 0.6 is 0 Å². The standard InChI is InChI=1S/C18H29NO2/c1-3-19-15-18(11-7-8-16(2)14-18)21-13-12-20-17-9-5-4-6-10-17/h4-6,9-10,16,19H,3,7-8,11-15H2,1-2H3. The molecule has 2 unspecified atom stereocenters. The molecule has 2 atom stereocenters. The maximum absolute atomic E-state index is 6.28.